The van der Waals surface area contributed by atoms with Crippen molar-refractivity contribution in [1.82, 2.24) is 14.8 Å². The number of rotatable bonds is 9. The van der Waals surface area contributed by atoms with Crippen molar-refractivity contribution in [2.45, 2.75) is 31.3 Å². The third-order valence-electron chi connectivity index (χ3n) is 6.46. The van der Waals surface area contributed by atoms with E-state index in [-0.39, 0.29) is 5.41 Å². The average molecular weight is 479 g/mol. The molecule has 1 aliphatic rings. The van der Waals surface area contributed by atoms with Gasteiger partial charge in [0.15, 0.2) is 5.76 Å². The van der Waals surface area contributed by atoms with Crippen LogP contribution in [-0.4, -0.2) is 36.0 Å². The Kier molecular flexibility index (Phi) is 5.96. The molecular formula is C26H27ClN4O3. The quantitative estimate of drug-likeness (QED) is 0.313. The Morgan fingerprint density at radius 1 is 1.06 bits per heavy atom. The second-order valence-electron chi connectivity index (χ2n) is 8.71. The van der Waals surface area contributed by atoms with Crippen LogP contribution in [0.1, 0.15) is 24.0 Å². The maximum absolute atomic E-state index is 6.26. The summed E-state index contributed by atoms with van der Waals surface area (Å²) in [6.45, 7) is 1.29. The standard InChI is InChI=1S/C26H27ClN4O3/c1-30(16-18-14-20(27)9-10-22(18)33-3)25-29-28-24(23-8-5-13-34-23)31(25)17-26(11-12-26)19-6-4-7-21(15-19)32-2/h4-10,13-15H,11-12,16-17H2,1-3H3. The van der Waals surface area contributed by atoms with E-state index in [2.05, 4.69) is 31.8 Å². The number of anilines is 1. The summed E-state index contributed by atoms with van der Waals surface area (Å²) in [6, 6.07) is 17.7. The predicted molar refractivity (Wildman–Crippen MR) is 132 cm³/mol. The average Bonchev–Trinajstić information content (AvgIpc) is 3.23. The molecule has 1 saturated carbocycles. The van der Waals surface area contributed by atoms with E-state index in [9.17, 15) is 0 Å². The molecule has 2 aromatic carbocycles. The van der Waals surface area contributed by atoms with Crippen LogP contribution in [0.2, 0.25) is 5.02 Å². The lowest BCUT2D eigenvalue weighted by Crippen LogP contribution is -2.25. The zero-order valence-electron chi connectivity index (χ0n) is 19.5. The zero-order valence-corrected chi connectivity index (χ0v) is 20.2. The van der Waals surface area contributed by atoms with Gasteiger partial charge in [-0.2, -0.15) is 0 Å². The van der Waals surface area contributed by atoms with E-state index < -0.39 is 0 Å². The molecule has 1 fully saturated rings. The maximum Gasteiger partial charge on any atom is 0.227 e. The Balaban J connectivity index is 1.51. The number of hydrogen-bond donors (Lipinski definition) is 0. The molecule has 0 aliphatic heterocycles. The van der Waals surface area contributed by atoms with E-state index >= 15 is 0 Å². The summed E-state index contributed by atoms with van der Waals surface area (Å²) >= 11 is 6.26. The number of hydrogen-bond acceptors (Lipinski definition) is 6. The first-order valence-corrected chi connectivity index (χ1v) is 11.6. The molecule has 2 aromatic heterocycles. The Morgan fingerprint density at radius 2 is 1.91 bits per heavy atom. The minimum atomic E-state index is 0.00159. The van der Waals surface area contributed by atoms with E-state index in [0.717, 1.165) is 42.4 Å². The Hall–Kier alpha value is -3.45. The second kappa shape index (κ2) is 9.06. The first-order valence-electron chi connectivity index (χ1n) is 11.2. The lowest BCUT2D eigenvalue weighted by molar-refractivity contribution is 0.409. The third kappa shape index (κ3) is 4.23. The largest absolute Gasteiger partial charge is 0.497 e. The first kappa shape index (κ1) is 22.3. The number of ether oxygens (including phenoxy) is 2. The van der Waals surface area contributed by atoms with Crippen molar-refractivity contribution in [2.75, 3.05) is 26.2 Å². The molecule has 7 nitrogen and oxygen atoms in total. The van der Waals surface area contributed by atoms with E-state index in [1.165, 1.54) is 5.56 Å². The highest BCUT2D eigenvalue weighted by atomic mass is 35.5. The van der Waals surface area contributed by atoms with Crippen molar-refractivity contribution in [3.8, 4) is 23.1 Å². The predicted octanol–water partition coefficient (Wildman–Crippen LogP) is 5.58. The van der Waals surface area contributed by atoms with Gasteiger partial charge < -0.3 is 18.8 Å². The topological polar surface area (TPSA) is 65.5 Å². The maximum atomic E-state index is 6.26. The Labute approximate surface area is 203 Å². The molecule has 0 saturated heterocycles. The lowest BCUT2D eigenvalue weighted by atomic mass is 9.95. The van der Waals surface area contributed by atoms with Gasteiger partial charge in [0.25, 0.3) is 0 Å². The molecule has 2 heterocycles. The number of aromatic nitrogens is 3. The van der Waals surface area contributed by atoms with Crippen LogP contribution >= 0.6 is 11.6 Å². The van der Waals surface area contributed by atoms with Crippen LogP contribution in [0, 0.1) is 0 Å². The van der Waals surface area contributed by atoms with Crippen molar-refractivity contribution in [3.63, 3.8) is 0 Å². The minimum Gasteiger partial charge on any atom is -0.497 e. The van der Waals surface area contributed by atoms with Crippen LogP contribution in [0.25, 0.3) is 11.6 Å². The summed E-state index contributed by atoms with van der Waals surface area (Å²) in [5.41, 5.74) is 2.23. The van der Waals surface area contributed by atoms with Crippen LogP contribution in [0.15, 0.2) is 65.3 Å². The molecular weight excluding hydrogens is 452 g/mol. The van der Waals surface area contributed by atoms with Gasteiger partial charge in [-0.25, -0.2) is 0 Å². The highest BCUT2D eigenvalue weighted by Gasteiger charge is 2.46. The summed E-state index contributed by atoms with van der Waals surface area (Å²) in [5, 5.41) is 9.75. The van der Waals surface area contributed by atoms with Gasteiger partial charge in [0.05, 0.1) is 20.5 Å². The van der Waals surface area contributed by atoms with Crippen molar-refractivity contribution in [2.24, 2.45) is 0 Å². The first-order chi connectivity index (χ1) is 16.5. The molecule has 0 spiro atoms. The lowest BCUT2D eigenvalue weighted by Gasteiger charge is -2.24. The van der Waals surface area contributed by atoms with Crippen LogP contribution in [0.4, 0.5) is 5.95 Å². The van der Waals surface area contributed by atoms with Crippen molar-refractivity contribution in [3.05, 3.63) is 77.0 Å². The molecule has 0 atom stereocenters. The Bertz CT molecular complexity index is 1280. The number of halogens is 1. The second-order valence-corrected chi connectivity index (χ2v) is 9.15. The fraction of sp³-hybridized carbons (Fsp3) is 0.308. The fourth-order valence-corrected chi connectivity index (χ4v) is 4.65. The number of methoxy groups -OCH3 is 2. The van der Waals surface area contributed by atoms with Gasteiger partial charge in [-0.15, -0.1) is 10.2 Å². The molecule has 0 N–H and O–H groups in total. The summed E-state index contributed by atoms with van der Waals surface area (Å²) in [6.07, 6.45) is 3.83. The molecule has 0 amide bonds. The highest BCUT2D eigenvalue weighted by Crippen LogP contribution is 2.51. The molecule has 176 valence electrons. The van der Waals surface area contributed by atoms with E-state index in [1.807, 2.05) is 49.5 Å². The van der Waals surface area contributed by atoms with Gasteiger partial charge in [0.2, 0.25) is 11.8 Å². The summed E-state index contributed by atoms with van der Waals surface area (Å²) in [4.78, 5) is 2.06. The van der Waals surface area contributed by atoms with Gasteiger partial charge in [0, 0.05) is 36.1 Å². The molecule has 1 aliphatic carbocycles. The van der Waals surface area contributed by atoms with Crippen LogP contribution in [-0.2, 0) is 18.5 Å². The smallest absolute Gasteiger partial charge is 0.227 e. The fourth-order valence-electron chi connectivity index (χ4n) is 4.45. The van der Waals surface area contributed by atoms with Gasteiger partial charge in [-0.1, -0.05) is 23.7 Å². The summed E-state index contributed by atoms with van der Waals surface area (Å²) in [7, 11) is 5.36. The van der Waals surface area contributed by atoms with E-state index in [4.69, 9.17) is 25.5 Å². The van der Waals surface area contributed by atoms with Crippen LogP contribution in [0.3, 0.4) is 0 Å². The van der Waals surface area contributed by atoms with Crippen LogP contribution in [0.5, 0.6) is 11.5 Å². The van der Waals surface area contributed by atoms with Gasteiger partial charge in [0.1, 0.15) is 11.5 Å². The molecule has 0 unspecified atom stereocenters. The molecule has 4 aromatic rings. The molecule has 0 bridgehead atoms. The van der Waals surface area contributed by atoms with Crippen molar-refractivity contribution >= 4 is 17.5 Å². The number of furan rings is 1. The summed E-state index contributed by atoms with van der Waals surface area (Å²) in [5.74, 6) is 3.79. The van der Waals surface area contributed by atoms with E-state index in [1.54, 1.807) is 20.5 Å². The van der Waals surface area contributed by atoms with Crippen LogP contribution < -0.4 is 14.4 Å². The van der Waals surface area contributed by atoms with Gasteiger partial charge in [-0.3, -0.25) is 4.57 Å². The van der Waals surface area contributed by atoms with Crippen molar-refractivity contribution in [1.29, 1.82) is 0 Å². The summed E-state index contributed by atoms with van der Waals surface area (Å²) < 4.78 is 18.9. The highest BCUT2D eigenvalue weighted by molar-refractivity contribution is 6.30. The Morgan fingerprint density at radius 3 is 2.62 bits per heavy atom. The minimum absolute atomic E-state index is 0.00159. The molecule has 8 heteroatoms. The monoisotopic (exact) mass is 478 g/mol. The van der Waals surface area contributed by atoms with Crippen molar-refractivity contribution < 1.29 is 13.9 Å². The van der Waals surface area contributed by atoms with Gasteiger partial charge in [-0.05, 0) is 60.9 Å². The normalized spacial score (nSPS) is 14.1. The van der Waals surface area contributed by atoms with E-state index in [0.29, 0.717) is 23.2 Å². The number of benzene rings is 2. The van der Waals surface area contributed by atoms with Gasteiger partial charge >= 0.3 is 0 Å². The molecule has 0 radical (unpaired) electrons. The molecule has 34 heavy (non-hydrogen) atoms. The third-order valence-corrected chi connectivity index (χ3v) is 6.70. The molecule has 5 rings (SSSR count). The zero-order chi connectivity index (χ0) is 23.7. The number of nitrogens with zero attached hydrogens (tertiary/aromatic N) is 4. The SMILES string of the molecule is COc1cccc(C2(Cn3c(-c4ccco4)nnc3N(C)Cc3cc(Cl)ccc3OC)CC2)c1.